The first-order chi connectivity index (χ1) is 8.34. The van der Waals surface area contributed by atoms with E-state index in [4.69, 9.17) is 0 Å². The van der Waals surface area contributed by atoms with Gasteiger partial charge in [-0.15, -0.1) is 11.3 Å². The van der Waals surface area contributed by atoms with Crippen molar-refractivity contribution in [2.24, 2.45) is 0 Å². The second-order valence-electron chi connectivity index (χ2n) is 3.43. The van der Waals surface area contributed by atoms with Gasteiger partial charge in [-0.2, -0.15) is 0 Å². The fourth-order valence-corrected chi connectivity index (χ4v) is 3.09. The van der Waals surface area contributed by atoms with Crippen LogP contribution in [-0.2, 0) is 0 Å². The first kappa shape index (κ1) is 10.7. The lowest BCUT2D eigenvalue weighted by molar-refractivity contribution is 0.939. The van der Waals surface area contributed by atoms with Crippen molar-refractivity contribution in [2.75, 3.05) is 0 Å². The van der Waals surface area contributed by atoms with E-state index in [1.807, 2.05) is 46.6 Å². The van der Waals surface area contributed by atoms with Crippen LogP contribution in [0.3, 0.4) is 0 Å². The van der Waals surface area contributed by atoms with E-state index in [1.165, 1.54) is 0 Å². The van der Waals surface area contributed by atoms with Gasteiger partial charge in [-0.05, 0) is 45.6 Å². The Kier molecular flexibility index (Phi) is 2.78. The van der Waals surface area contributed by atoms with Gasteiger partial charge in [0.2, 0.25) is 5.95 Å². The third-order valence-electron chi connectivity index (χ3n) is 2.33. The van der Waals surface area contributed by atoms with Crippen LogP contribution in [0.25, 0.3) is 16.5 Å². The molecule has 0 aliphatic carbocycles. The lowest BCUT2D eigenvalue weighted by Gasteiger charge is -2.03. The molecule has 5 heteroatoms. The second-order valence-corrected chi connectivity index (χ2v) is 5.20. The van der Waals surface area contributed by atoms with Crippen molar-refractivity contribution in [1.29, 1.82) is 0 Å². The second kappa shape index (κ2) is 4.43. The molecular weight excluding hydrogens is 298 g/mol. The Bertz CT molecular complexity index is 631. The van der Waals surface area contributed by atoms with Crippen molar-refractivity contribution >= 4 is 27.3 Å². The molecule has 17 heavy (non-hydrogen) atoms. The number of aromatic nitrogens is 3. The molecule has 3 rings (SSSR count). The van der Waals surface area contributed by atoms with Crippen LogP contribution in [0.5, 0.6) is 0 Å². The summed E-state index contributed by atoms with van der Waals surface area (Å²) in [5, 5.41) is 2.04. The molecule has 0 bridgehead atoms. The average Bonchev–Trinajstić information content (AvgIpc) is 2.99. The third-order valence-corrected chi connectivity index (χ3v) is 4.19. The highest BCUT2D eigenvalue weighted by Gasteiger charge is 2.07. The number of rotatable bonds is 2. The van der Waals surface area contributed by atoms with Crippen LogP contribution < -0.4 is 0 Å². The smallest absolute Gasteiger partial charge is 0.234 e. The van der Waals surface area contributed by atoms with Gasteiger partial charge in [0.05, 0.1) is 10.6 Å². The first-order valence-electron chi connectivity index (χ1n) is 5.04. The minimum Gasteiger partial charge on any atom is -0.293 e. The number of hydrogen-bond donors (Lipinski definition) is 0. The predicted octanol–water partition coefficient (Wildman–Crippen LogP) is 3.76. The summed E-state index contributed by atoms with van der Waals surface area (Å²) in [4.78, 5) is 9.94. The van der Waals surface area contributed by atoms with E-state index in [0.29, 0.717) is 5.95 Å². The van der Waals surface area contributed by atoms with E-state index in [2.05, 4.69) is 25.9 Å². The van der Waals surface area contributed by atoms with Crippen LogP contribution in [0.15, 0.2) is 52.7 Å². The summed E-state index contributed by atoms with van der Waals surface area (Å²) in [7, 11) is 0. The van der Waals surface area contributed by atoms with Gasteiger partial charge >= 0.3 is 0 Å². The maximum Gasteiger partial charge on any atom is 0.234 e. The number of nitrogens with zero attached hydrogens (tertiary/aromatic N) is 3. The molecule has 0 unspecified atom stereocenters. The zero-order valence-corrected chi connectivity index (χ0v) is 11.1. The molecule has 3 aromatic heterocycles. The topological polar surface area (TPSA) is 30.7 Å². The van der Waals surface area contributed by atoms with Gasteiger partial charge in [-0.1, -0.05) is 0 Å². The minimum absolute atomic E-state index is 0.688. The average molecular weight is 306 g/mol. The Labute approximate surface area is 111 Å². The fraction of sp³-hybridized carbons (Fsp3) is 0. The van der Waals surface area contributed by atoms with Crippen LogP contribution >= 0.6 is 27.3 Å². The molecule has 0 N–H and O–H groups in total. The van der Waals surface area contributed by atoms with Crippen molar-refractivity contribution in [2.45, 2.75) is 0 Å². The van der Waals surface area contributed by atoms with E-state index in [-0.39, 0.29) is 0 Å². The molecule has 0 saturated heterocycles. The highest BCUT2D eigenvalue weighted by atomic mass is 79.9. The van der Waals surface area contributed by atoms with Crippen LogP contribution in [0, 0.1) is 0 Å². The summed E-state index contributed by atoms with van der Waals surface area (Å²) in [5.74, 6) is 0.688. The molecule has 3 heterocycles. The Balaban J connectivity index is 2.09. The highest BCUT2D eigenvalue weighted by molar-refractivity contribution is 9.10. The maximum atomic E-state index is 4.55. The van der Waals surface area contributed by atoms with Crippen molar-refractivity contribution in [1.82, 2.24) is 14.5 Å². The van der Waals surface area contributed by atoms with Gasteiger partial charge < -0.3 is 0 Å². The van der Waals surface area contributed by atoms with Gasteiger partial charge in [-0.25, -0.2) is 9.97 Å². The molecule has 3 aromatic rings. The lowest BCUT2D eigenvalue weighted by Crippen LogP contribution is -1.98. The normalized spacial score (nSPS) is 10.6. The Hall–Kier alpha value is -1.46. The predicted molar refractivity (Wildman–Crippen MR) is 72.4 cm³/mol. The summed E-state index contributed by atoms with van der Waals surface area (Å²) in [6.07, 6.45) is 5.65. The molecule has 0 saturated carbocycles. The highest BCUT2D eigenvalue weighted by Crippen LogP contribution is 2.32. The van der Waals surface area contributed by atoms with Gasteiger partial charge in [0.25, 0.3) is 0 Å². The van der Waals surface area contributed by atoms with Crippen LogP contribution in [0.1, 0.15) is 0 Å². The standard InChI is InChI=1S/C12H8BrN3S/c13-9-4-8-17-11(9)10-3-5-14-12(15-10)16-6-1-2-7-16/h1-8H. The molecule has 0 spiro atoms. The van der Waals surface area contributed by atoms with Gasteiger partial charge in [-0.3, -0.25) is 4.57 Å². The van der Waals surface area contributed by atoms with Crippen molar-refractivity contribution in [3.8, 4) is 16.5 Å². The summed E-state index contributed by atoms with van der Waals surface area (Å²) in [6.45, 7) is 0. The molecule has 84 valence electrons. The zero-order chi connectivity index (χ0) is 11.7. The number of thiophene rings is 1. The van der Waals surface area contributed by atoms with Gasteiger partial charge in [0.15, 0.2) is 0 Å². The van der Waals surface area contributed by atoms with E-state index < -0.39 is 0 Å². The Morgan fingerprint density at radius 1 is 1.18 bits per heavy atom. The molecule has 0 aliphatic heterocycles. The van der Waals surface area contributed by atoms with Gasteiger partial charge in [0, 0.05) is 23.1 Å². The molecule has 0 fully saturated rings. The number of hydrogen-bond acceptors (Lipinski definition) is 3. The summed E-state index contributed by atoms with van der Waals surface area (Å²) in [6, 6.07) is 7.86. The molecule has 0 radical (unpaired) electrons. The number of halogens is 1. The molecular formula is C12H8BrN3S. The third kappa shape index (κ3) is 2.03. The van der Waals surface area contributed by atoms with E-state index in [0.717, 1.165) is 15.0 Å². The largest absolute Gasteiger partial charge is 0.293 e. The van der Waals surface area contributed by atoms with E-state index >= 15 is 0 Å². The Morgan fingerprint density at radius 3 is 2.71 bits per heavy atom. The quantitative estimate of drug-likeness (QED) is 0.722. The van der Waals surface area contributed by atoms with Crippen molar-refractivity contribution < 1.29 is 0 Å². The van der Waals surface area contributed by atoms with E-state index in [9.17, 15) is 0 Å². The van der Waals surface area contributed by atoms with Crippen LogP contribution in [0.4, 0.5) is 0 Å². The molecule has 0 amide bonds. The first-order valence-corrected chi connectivity index (χ1v) is 6.71. The monoisotopic (exact) mass is 305 g/mol. The van der Waals surface area contributed by atoms with E-state index in [1.54, 1.807) is 17.5 Å². The molecule has 0 aliphatic rings. The van der Waals surface area contributed by atoms with Crippen molar-refractivity contribution in [3.05, 3.63) is 52.7 Å². The SMILES string of the molecule is Brc1ccsc1-c1ccnc(-n2cccc2)n1. The summed E-state index contributed by atoms with van der Waals surface area (Å²) < 4.78 is 2.96. The molecule has 0 atom stereocenters. The maximum absolute atomic E-state index is 4.55. The zero-order valence-electron chi connectivity index (χ0n) is 8.75. The van der Waals surface area contributed by atoms with Crippen molar-refractivity contribution in [3.63, 3.8) is 0 Å². The van der Waals surface area contributed by atoms with Gasteiger partial charge in [0.1, 0.15) is 0 Å². The lowest BCUT2D eigenvalue weighted by atomic mass is 10.3. The van der Waals surface area contributed by atoms with Crippen LogP contribution in [-0.4, -0.2) is 14.5 Å². The summed E-state index contributed by atoms with van der Waals surface area (Å²) in [5.41, 5.74) is 0.936. The Morgan fingerprint density at radius 2 is 2.00 bits per heavy atom. The van der Waals surface area contributed by atoms with Crippen LogP contribution in [0.2, 0.25) is 0 Å². The fourth-order valence-electron chi connectivity index (χ4n) is 1.54. The molecule has 3 nitrogen and oxygen atoms in total. The minimum atomic E-state index is 0.688. The molecule has 0 aromatic carbocycles. The summed E-state index contributed by atoms with van der Waals surface area (Å²) >= 11 is 5.18.